The Labute approximate surface area is 204 Å². The highest BCUT2D eigenvalue weighted by molar-refractivity contribution is 14.0. The van der Waals surface area contributed by atoms with Crippen molar-refractivity contribution in [3.63, 3.8) is 0 Å². The molecule has 184 valence electrons. The van der Waals surface area contributed by atoms with Crippen molar-refractivity contribution in [3.05, 3.63) is 35.4 Å². The maximum absolute atomic E-state index is 12.1. The van der Waals surface area contributed by atoms with Gasteiger partial charge in [0.05, 0.1) is 12.1 Å². The minimum absolute atomic E-state index is 0. The van der Waals surface area contributed by atoms with Crippen LogP contribution >= 0.6 is 24.0 Å². The van der Waals surface area contributed by atoms with Crippen molar-refractivity contribution in [2.45, 2.75) is 65.1 Å². The maximum Gasteiger partial charge on any atom is 0.411 e. The quantitative estimate of drug-likeness (QED) is 0.244. The molecule has 0 unspecified atom stereocenters. The molecule has 32 heavy (non-hydrogen) atoms. The average molecular weight is 574 g/mol. The number of alkyl halides is 3. The zero-order valence-corrected chi connectivity index (χ0v) is 21.7. The summed E-state index contributed by atoms with van der Waals surface area (Å²) >= 11 is 0. The summed E-state index contributed by atoms with van der Waals surface area (Å²) in [5, 5.41) is 9.10. The van der Waals surface area contributed by atoms with Crippen LogP contribution in [0.4, 0.5) is 18.0 Å². The first-order valence-electron chi connectivity index (χ1n) is 9.87. The van der Waals surface area contributed by atoms with E-state index in [2.05, 4.69) is 25.7 Å². The van der Waals surface area contributed by atoms with Gasteiger partial charge in [-0.1, -0.05) is 24.3 Å². The Balaban J connectivity index is 0.00000961. The van der Waals surface area contributed by atoms with E-state index in [4.69, 9.17) is 4.74 Å². The van der Waals surface area contributed by atoms with Crippen molar-refractivity contribution in [3.8, 4) is 0 Å². The number of carbonyl (C=O) groups excluding carboxylic acids is 1. The molecule has 0 radical (unpaired) electrons. The second-order valence-corrected chi connectivity index (χ2v) is 8.71. The Hall–Kier alpha value is -1.76. The third-order valence-electron chi connectivity index (χ3n) is 3.78. The van der Waals surface area contributed by atoms with E-state index in [1.807, 2.05) is 13.8 Å². The molecule has 0 aliphatic carbocycles. The molecule has 0 saturated heterocycles. The number of rotatable bonds is 8. The zero-order chi connectivity index (χ0) is 23.7. The van der Waals surface area contributed by atoms with Gasteiger partial charge in [0, 0.05) is 20.1 Å². The summed E-state index contributed by atoms with van der Waals surface area (Å²) in [6, 6.07) is 7.05. The number of guanidine groups is 1. The van der Waals surface area contributed by atoms with Crippen LogP contribution in [0.1, 0.15) is 45.7 Å². The van der Waals surface area contributed by atoms with E-state index >= 15 is 0 Å². The molecule has 0 heterocycles. The van der Waals surface area contributed by atoms with Gasteiger partial charge in [-0.25, -0.2) is 4.79 Å². The molecular weight excluding hydrogens is 540 g/mol. The van der Waals surface area contributed by atoms with Crippen molar-refractivity contribution in [2.75, 3.05) is 20.2 Å². The van der Waals surface area contributed by atoms with Crippen molar-refractivity contribution < 1.29 is 27.4 Å². The van der Waals surface area contributed by atoms with Gasteiger partial charge in [0.15, 0.2) is 5.96 Å². The molecule has 0 fully saturated rings. The van der Waals surface area contributed by atoms with E-state index < -0.39 is 30.0 Å². The molecule has 0 spiro atoms. The summed E-state index contributed by atoms with van der Waals surface area (Å²) in [5.74, 6) is 0.539. The molecule has 0 atom stereocenters. The fourth-order valence-electron chi connectivity index (χ4n) is 2.37. The van der Waals surface area contributed by atoms with Crippen LogP contribution in [-0.2, 0) is 22.6 Å². The van der Waals surface area contributed by atoms with Crippen LogP contribution < -0.4 is 16.0 Å². The summed E-state index contributed by atoms with van der Waals surface area (Å²) in [5.41, 5.74) is 0.419. The number of nitrogens with zero attached hydrogens (tertiary/aromatic N) is 1. The van der Waals surface area contributed by atoms with Crippen LogP contribution in [0.25, 0.3) is 0 Å². The maximum atomic E-state index is 12.1. The van der Waals surface area contributed by atoms with E-state index in [0.717, 1.165) is 5.56 Å². The highest BCUT2D eigenvalue weighted by Crippen LogP contribution is 2.16. The number of benzene rings is 1. The topological polar surface area (TPSA) is 84.0 Å². The molecule has 0 aliphatic rings. The van der Waals surface area contributed by atoms with Gasteiger partial charge in [0.2, 0.25) is 0 Å². The van der Waals surface area contributed by atoms with Crippen LogP contribution in [0, 0.1) is 0 Å². The van der Waals surface area contributed by atoms with Gasteiger partial charge in [-0.15, -0.1) is 24.0 Å². The first kappa shape index (κ1) is 30.2. The summed E-state index contributed by atoms with van der Waals surface area (Å²) < 4.78 is 46.3. The number of halogens is 4. The smallest absolute Gasteiger partial charge is 0.411 e. The van der Waals surface area contributed by atoms with Crippen molar-refractivity contribution in [1.29, 1.82) is 0 Å². The molecule has 3 N–H and O–H groups in total. The molecule has 11 heteroatoms. The van der Waals surface area contributed by atoms with Gasteiger partial charge >= 0.3 is 12.3 Å². The van der Waals surface area contributed by atoms with Gasteiger partial charge in [0.25, 0.3) is 0 Å². The zero-order valence-electron chi connectivity index (χ0n) is 19.4. The number of carbonyl (C=O) groups is 1. The molecule has 0 bridgehead atoms. The van der Waals surface area contributed by atoms with Crippen LogP contribution in [-0.4, -0.2) is 49.6 Å². The normalized spacial score (nSPS) is 12.6. The minimum Gasteiger partial charge on any atom is -0.444 e. The molecule has 7 nitrogen and oxygen atoms in total. The van der Waals surface area contributed by atoms with Gasteiger partial charge in [-0.2, -0.15) is 13.2 Å². The summed E-state index contributed by atoms with van der Waals surface area (Å²) in [6.45, 7) is 8.61. The minimum atomic E-state index is -4.33. The highest BCUT2D eigenvalue weighted by atomic mass is 127. The Kier molecular flexibility index (Phi) is 12.4. The van der Waals surface area contributed by atoms with Crippen molar-refractivity contribution in [2.24, 2.45) is 4.99 Å². The number of hydrogen-bond acceptors (Lipinski definition) is 4. The van der Waals surface area contributed by atoms with E-state index in [1.54, 1.807) is 52.1 Å². The molecular formula is C21H34F3IN4O3. The third kappa shape index (κ3) is 14.3. The standard InChI is InChI=1S/C21H33F3N4O3.HI/c1-19(2,3)31-18(29)28-20(4,5)13-27-17(25-6)26-11-15-7-9-16(10-8-15)12-30-14-21(22,23)24;/h7-10H,11-14H2,1-6H3,(H,28,29)(H2,25,26,27);1H. The summed E-state index contributed by atoms with van der Waals surface area (Å²) in [4.78, 5) is 16.1. The fourth-order valence-corrected chi connectivity index (χ4v) is 2.37. The van der Waals surface area contributed by atoms with Crippen LogP contribution in [0.2, 0.25) is 0 Å². The first-order valence-corrected chi connectivity index (χ1v) is 9.87. The van der Waals surface area contributed by atoms with E-state index in [1.165, 1.54) is 0 Å². The van der Waals surface area contributed by atoms with Crippen molar-refractivity contribution in [1.82, 2.24) is 16.0 Å². The number of alkyl carbamates (subject to hydrolysis) is 1. The second-order valence-electron chi connectivity index (χ2n) is 8.71. The SMILES string of the molecule is CN=C(NCc1ccc(COCC(F)(F)F)cc1)NCC(C)(C)NC(=O)OC(C)(C)C.I. The highest BCUT2D eigenvalue weighted by Gasteiger charge is 2.27. The predicted molar refractivity (Wildman–Crippen MR) is 129 cm³/mol. The van der Waals surface area contributed by atoms with Gasteiger partial charge in [0.1, 0.15) is 12.2 Å². The third-order valence-corrected chi connectivity index (χ3v) is 3.78. The van der Waals surface area contributed by atoms with Crippen LogP contribution in [0.3, 0.4) is 0 Å². The molecule has 1 rings (SSSR count). The number of aliphatic imine (C=N–C) groups is 1. The Morgan fingerprint density at radius 1 is 1.00 bits per heavy atom. The van der Waals surface area contributed by atoms with Gasteiger partial charge in [-0.3, -0.25) is 4.99 Å². The van der Waals surface area contributed by atoms with E-state index in [-0.39, 0.29) is 30.6 Å². The number of nitrogens with one attached hydrogen (secondary N) is 3. The Morgan fingerprint density at radius 2 is 1.56 bits per heavy atom. The first-order chi connectivity index (χ1) is 14.2. The molecule has 1 aromatic rings. The summed E-state index contributed by atoms with van der Waals surface area (Å²) in [7, 11) is 1.63. The molecule has 1 aromatic carbocycles. The number of hydrogen-bond donors (Lipinski definition) is 3. The van der Waals surface area contributed by atoms with Gasteiger partial charge in [-0.05, 0) is 45.7 Å². The summed E-state index contributed by atoms with van der Waals surface area (Å²) in [6.07, 6.45) is -4.83. The molecule has 0 aliphatic heterocycles. The Morgan fingerprint density at radius 3 is 2.06 bits per heavy atom. The van der Waals surface area contributed by atoms with E-state index in [9.17, 15) is 18.0 Å². The number of ether oxygens (including phenoxy) is 2. The predicted octanol–water partition coefficient (Wildman–Crippen LogP) is 4.35. The fraction of sp³-hybridized carbons (Fsp3) is 0.619. The van der Waals surface area contributed by atoms with E-state index in [0.29, 0.717) is 24.6 Å². The van der Waals surface area contributed by atoms with Crippen LogP contribution in [0.15, 0.2) is 29.3 Å². The van der Waals surface area contributed by atoms with Crippen LogP contribution in [0.5, 0.6) is 0 Å². The molecule has 0 saturated carbocycles. The lowest BCUT2D eigenvalue weighted by atomic mass is 10.1. The Bertz CT molecular complexity index is 733. The monoisotopic (exact) mass is 574 g/mol. The number of amides is 1. The lowest BCUT2D eigenvalue weighted by Gasteiger charge is -2.29. The lowest BCUT2D eigenvalue weighted by Crippen LogP contribution is -2.54. The lowest BCUT2D eigenvalue weighted by molar-refractivity contribution is -0.176. The average Bonchev–Trinajstić information content (AvgIpc) is 2.59. The second kappa shape index (κ2) is 13.1. The van der Waals surface area contributed by atoms with Gasteiger partial charge < -0.3 is 25.4 Å². The molecule has 0 aromatic heterocycles. The van der Waals surface area contributed by atoms with Crippen molar-refractivity contribution >= 4 is 36.0 Å². The largest absolute Gasteiger partial charge is 0.444 e. The molecule has 1 amide bonds.